The molecular formula is C54H78N2O18. The first-order chi connectivity index (χ1) is 35.1. The SMILES string of the molecule is CC[C@@]1(O)CCc2c(O)c3c(c(O)c2C1OC1CC(N(C)C)C(OC2CC(N(C)C)C(OC4CC(O)C(OC5CCC(OC6CCC(O)C(C)O6)C(C)O5)C(C)O4)C(C)O2)C(C)O1)C(=O)c1cccc(O)c1C3=O. The summed E-state index contributed by atoms with van der Waals surface area (Å²) in [6, 6.07) is 3.59. The van der Waals surface area contributed by atoms with Crippen molar-refractivity contribution in [3.63, 3.8) is 0 Å². The Morgan fingerprint density at radius 3 is 1.70 bits per heavy atom. The van der Waals surface area contributed by atoms with Crippen molar-refractivity contribution in [2.45, 2.75) is 228 Å². The summed E-state index contributed by atoms with van der Waals surface area (Å²) in [5.74, 6) is -3.04. The lowest BCUT2D eigenvalue weighted by Crippen LogP contribution is -2.60. The molecule has 0 amide bonds. The molecule has 19 unspecified atom stereocenters. The lowest BCUT2D eigenvalue weighted by Gasteiger charge is -2.49. The number of nitrogens with zero attached hydrogens (tertiary/aromatic N) is 2. The first kappa shape index (κ1) is 55.3. The quantitative estimate of drug-likeness (QED) is 0.131. The molecule has 412 valence electrons. The van der Waals surface area contributed by atoms with Crippen molar-refractivity contribution in [2.24, 2.45) is 0 Å². The molecule has 0 bridgehead atoms. The van der Waals surface area contributed by atoms with Crippen LogP contribution in [0.15, 0.2) is 18.2 Å². The number of phenolic OH excluding ortho intramolecular Hbond substituents is 3. The first-order valence-electron chi connectivity index (χ1n) is 26.6. The van der Waals surface area contributed by atoms with Crippen molar-refractivity contribution >= 4 is 11.6 Å². The summed E-state index contributed by atoms with van der Waals surface area (Å²) in [4.78, 5) is 31.8. The van der Waals surface area contributed by atoms with E-state index >= 15 is 0 Å². The molecule has 0 spiro atoms. The number of fused-ring (bicyclic) bond motifs is 3. The summed E-state index contributed by atoms with van der Waals surface area (Å²) in [6.07, 6.45) is -6.26. The number of hydrogen-bond acceptors (Lipinski definition) is 20. The van der Waals surface area contributed by atoms with Gasteiger partial charge in [-0.2, -0.15) is 0 Å². The van der Waals surface area contributed by atoms with Gasteiger partial charge in [0.05, 0.1) is 71.1 Å². The van der Waals surface area contributed by atoms with E-state index in [1.807, 2.05) is 67.7 Å². The van der Waals surface area contributed by atoms with Crippen LogP contribution in [0, 0.1) is 0 Å². The molecule has 5 heterocycles. The lowest BCUT2D eigenvalue weighted by molar-refractivity contribution is -0.339. The number of ether oxygens (including phenoxy) is 10. The molecule has 5 fully saturated rings. The van der Waals surface area contributed by atoms with Crippen LogP contribution in [0.5, 0.6) is 17.2 Å². The van der Waals surface area contributed by atoms with Gasteiger partial charge in [0.15, 0.2) is 37.2 Å². The number of phenols is 3. The van der Waals surface area contributed by atoms with Crippen LogP contribution in [0.2, 0.25) is 0 Å². The average molecular weight is 1040 g/mol. The monoisotopic (exact) mass is 1040 g/mol. The molecule has 0 radical (unpaired) electrons. The summed E-state index contributed by atoms with van der Waals surface area (Å²) in [5, 5.41) is 68.0. The number of benzene rings is 2. The number of aliphatic hydroxyl groups excluding tert-OH is 2. The fraction of sp³-hybridized carbons (Fsp3) is 0.741. The average Bonchev–Trinajstić information content (AvgIpc) is 3.34. The van der Waals surface area contributed by atoms with Crippen molar-refractivity contribution in [3.8, 4) is 17.2 Å². The normalized spacial score (nSPS) is 40.7. The molecule has 0 aromatic heterocycles. The summed E-state index contributed by atoms with van der Waals surface area (Å²) in [6.45, 7) is 11.2. The van der Waals surface area contributed by atoms with Gasteiger partial charge in [0.1, 0.15) is 41.7 Å². The highest BCUT2D eigenvalue weighted by atomic mass is 16.8. The molecule has 7 aliphatic rings. The largest absolute Gasteiger partial charge is 0.507 e. The van der Waals surface area contributed by atoms with Gasteiger partial charge in [-0.1, -0.05) is 19.1 Å². The fourth-order valence-electron chi connectivity index (χ4n) is 12.3. The van der Waals surface area contributed by atoms with E-state index in [-0.39, 0.29) is 84.8 Å². The lowest BCUT2D eigenvalue weighted by atomic mass is 9.71. The van der Waals surface area contributed by atoms with Gasteiger partial charge in [0.25, 0.3) is 0 Å². The first-order valence-corrected chi connectivity index (χ1v) is 26.6. The Morgan fingerprint density at radius 2 is 1.12 bits per heavy atom. The summed E-state index contributed by atoms with van der Waals surface area (Å²) in [5.41, 5.74) is -2.55. The second-order valence-corrected chi connectivity index (χ2v) is 22.1. The molecule has 2 aliphatic carbocycles. The van der Waals surface area contributed by atoms with E-state index in [1.54, 1.807) is 6.92 Å². The van der Waals surface area contributed by atoms with Crippen LogP contribution >= 0.6 is 0 Å². The van der Waals surface area contributed by atoms with Gasteiger partial charge in [-0.3, -0.25) is 9.59 Å². The molecule has 5 aliphatic heterocycles. The molecule has 0 saturated carbocycles. The number of aliphatic hydroxyl groups is 3. The van der Waals surface area contributed by atoms with Crippen molar-refractivity contribution < 1.29 is 87.6 Å². The molecule has 5 saturated heterocycles. The Bertz CT molecular complexity index is 2340. The Hall–Kier alpha value is -3.42. The highest BCUT2D eigenvalue weighted by molar-refractivity contribution is 6.31. The summed E-state index contributed by atoms with van der Waals surface area (Å²) < 4.78 is 64.4. The number of carbonyl (C=O) groups excluding carboxylic acids is 2. The summed E-state index contributed by atoms with van der Waals surface area (Å²) in [7, 11) is 7.78. The molecule has 20 nitrogen and oxygen atoms in total. The van der Waals surface area contributed by atoms with Crippen LogP contribution in [-0.4, -0.2) is 196 Å². The Balaban J connectivity index is 0.825. The second kappa shape index (κ2) is 22.1. The standard InChI is InChI=1S/C54H78N2O18/c1-11-54(64)20-19-30-43(49(63)45-44(47(30)61)48(62)42-29(46(45)60)13-12-14-34(42)58)53(54)74-40-22-32(56(9)10)50(27(5)68-40)72-39-21-31(55(7)8)51(26(4)67-39)73-41-23-35(59)52(28(6)69-41)71-38-18-16-36(25(3)66-38)70-37-17-15-33(57)24(2)65-37/h12-14,24-28,31-33,35-41,50-53,57-59,61,63-64H,11,15-23H2,1-10H3/t24?,25?,26?,27?,28?,31?,32?,33?,35?,36?,37?,38?,39?,40?,41?,50?,51?,52?,53?,54-/m1/s1. The second-order valence-electron chi connectivity index (χ2n) is 22.1. The molecule has 9 rings (SSSR count). The van der Waals surface area contributed by atoms with Crippen LogP contribution < -0.4 is 0 Å². The van der Waals surface area contributed by atoms with Crippen LogP contribution in [0.3, 0.4) is 0 Å². The number of rotatable bonds is 13. The van der Waals surface area contributed by atoms with Crippen molar-refractivity contribution in [1.82, 2.24) is 9.80 Å². The van der Waals surface area contributed by atoms with Crippen molar-refractivity contribution in [1.29, 1.82) is 0 Å². The zero-order valence-corrected chi connectivity index (χ0v) is 44.2. The molecular weight excluding hydrogens is 965 g/mol. The zero-order chi connectivity index (χ0) is 53.2. The molecule has 6 N–H and O–H groups in total. The van der Waals surface area contributed by atoms with E-state index < -0.39 is 132 Å². The number of carbonyl (C=O) groups is 2. The topological polar surface area (TPSA) is 254 Å². The van der Waals surface area contributed by atoms with E-state index in [1.165, 1.54) is 18.2 Å². The van der Waals surface area contributed by atoms with E-state index in [2.05, 4.69) is 4.90 Å². The van der Waals surface area contributed by atoms with Crippen molar-refractivity contribution in [2.75, 3.05) is 28.2 Å². The number of ketones is 2. The summed E-state index contributed by atoms with van der Waals surface area (Å²) >= 11 is 0. The predicted molar refractivity (Wildman–Crippen MR) is 263 cm³/mol. The minimum atomic E-state index is -1.56. The van der Waals surface area contributed by atoms with Crippen LogP contribution in [0.25, 0.3) is 0 Å². The molecule has 74 heavy (non-hydrogen) atoms. The molecule has 20 heteroatoms. The molecule has 2 aromatic carbocycles. The Kier molecular flexibility index (Phi) is 16.6. The van der Waals surface area contributed by atoms with Gasteiger partial charge in [-0.25, -0.2) is 0 Å². The van der Waals surface area contributed by atoms with Gasteiger partial charge in [-0.15, -0.1) is 0 Å². The highest BCUT2D eigenvalue weighted by Crippen LogP contribution is 2.54. The van der Waals surface area contributed by atoms with Gasteiger partial charge < -0.3 is 87.8 Å². The van der Waals surface area contributed by atoms with E-state index in [0.29, 0.717) is 32.1 Å². The van der Waals surface area contributed by atoms with E-state index in [4.69, 9.17) is 47.4 Å². The van der Waals surface area contributed by atoms with E-state index in [0.717, 1.165) is 0 Å². The maximum atomic E-state index is 14.0. The van der Waals surface area contributed by atoms with Crippen LogP contribution in [0.1, 0.15) is 148 Å². The number of aromatic hydroxyl groups is 3. The maximum Gasteiger partial charge on any atom is 0.202 e. The third kappa shape index (κ3) is 10.6. The fourth-order valence-corrected chi connectivity index (χ4v) is 12.3. The minimum absolute atomic E-state index is 0.0115. The maximum absolute atomic E-state index is 14.0. The smallest absolute Gasteiger partial charge is 0.202 e. The van der Waals surface area contributed by atoms with Gasteiger partial charge in [-0.05, 0) is 101 Å². The highest BCUT2D eigenvalue weighted by Gasteiger charge is 2.52. The van der Waals surface area contributed by atoms with Crippen LogP contribution in [0.4, 0.5) is 0 Å². The minimum Gasteiger partial charge on any atom is -0.507 e. The van der Waals surface area contributed by atoms with Gasteiger partial charge in [0.2, 0.25) is 5.78 Å². The predicted octanol–water partition coefficient (Wildman–Crippen LogP) is 4.30. The molecule has 20 atom stereocenters. The Labute approximate surface area is 433 Å². The zero-order valence-electron chi connectivity index (χ0n) is 44.2. The van der Waals surface area contributed by atoms with Crippen molar-refractivity contribution in [3.05, 3.63) is 51.6 Å². The van der Waals surface area contributed by atoms with Crippen LogP contribution in [-0.2, 0) is 53.8 Å². The third-order valence-corrected chi connectivity index (χ3v) is 16.7. The number of likely N-dealkylation sites (N-methyl/N-ethyl adjacent to an activating group) is 2. The Morgan fingerprint density at radius 1 is 0.595 bits per heavy atom. The van der Waals surface area contributed by atoms with E-state index in [9.17, 15) is 40.2 Å². The number of hydrogen-bond donors (Lipinski definition) is 6. The molecule has 2 aromatic rings. The van der Waals surface area contributed by atoms with Gasteiger partial charge >= 0.3 is 0 Å². The van der Waals surface area contributed by atoms with Gasteiger partial charge in [0, 0.05) is 60.9 Å². The third-order valence-electron chi connectivity index (χ3n) is 16.7.